The molecule has 0 saturated carbocycles. The average Bonchev–Trinajstić information content (AvgIpc) is 3.62. The van der Waals surface area contributed by atoms with Crippen molar-refractivity contribution in [2.24, 2.45) is 5.41 Å². The van der Waals surface area contributed by atoms with Gasteiger partial charge in [0.15, 0.2) is 0 Å². The van der Waals surface area contributed by atoms with E-state index in [1.165, 1.54) is 0 Å². The predicted molar refractivity (Wildman–Crippen MR) is 199 cm³/mol. The maximum atomic E-state index is 8.76. The van der Waals surface area contributed by atoms with Gasteiger partial charge in [0.25, 0.3) is 0 Å². The largest absolute Gasteiger partial charge is 0 e. The number of aromatic nitrogens is 4. The number of nitrogens with zero attached hydrogens (tertiary/aromatic N) is 4. The molecule has 48 heavy (non-hydrogen) atoms. The second-order valence-corrected chi connectivity index (χ2v) is 25.0. The number of aryl methyl sites for hydroxylation is 1. The standard InChI is InChI=1S/C22H18N3O.C19H26GeN.Ir/c1-13(2)25-19-10-5-4-9-18(19)24-21(25)17-8-6-7-15-16-12-11-14(3)23-22(16)26-20(15)17;1-19(2,3)13-16-12-18(15-10-8-7-9-11-15)21-14-17(16)20(4,5)6;/h4-7,9-13H,1-3H3;7-10,12,14H,13H2,1-6H3;/q2*-1;/i;13D2;. The molecule has 0 amide bonds. The SMILES string of the molecule is Cc1ccc2c(n1)oc1c(-c3nc4ccccc4n3C(C)C)[c-]ccc12.[2H]C([2H])(c1cc(-c2[c-]cccc2)nc[c]1[Ge]([CH3])([CH3])[CH3])C(C)(C)C.[Ir]. The van der Waals surface area contributed by atoms with Gasteiger partial charge in [0.2, 0.25) is 5.71 Å². The molecule has 0 N–H and O–H groups in total. The van der Waals surface area contributed by atoms with Gasteiger partial charge in [-0.1, -0.05) is 23.1 Å². The number of furan rings is 1. The van der Waals surface area contributed by atoms with Crippen LogP contribution in [-0.2, 0) is 26.5 Å². The first-order valence-corrected chi connectivity index (χ1v) is 23.6. The number of benzene rings is 3. The van der Waals surface area contributed by atoms with E-state index in [2.05, 4.69) is 69.9 Å². The van der Waals surface area contributed by atoms with Crippen molar-refractivity contribution in [1.29, 1.82) is 0 Å². The maximum Gasteiger partial charge on any atom is 0 e. The van der Waals surface area contributed by atoms with Crippen molar-refractivity contribution in [3.05, 3.63) is 108 Å². The summed E-state index contributed by atoms with van der Waals surface area (Å²) in [5, 5.41) is 2.07. The summed E-state index contributed by atoms with van der Waals surface area (Å²) in [5.74, 6) is 7.73. The predicted octanol–water partition coefficient (Wildman–Crippen LogP) is 10.4. The van der Waals surface area contributed by atoms with Crippen molar-refractivity contribution in [2.45, 2.75) is 71.2 Å². The van der Waals surface area contributed by atoms with Crippen LogP contribution in [0.25, 0.3) is 55.7 Å². The van der Waals surface area contributed by atoms with Crippen LogP contribution in [0.2, 0.25) is 17.3 Å². The number of fused-ring (bicyclic) bond motifs is 4. The maximum absolute atomic E-state index is 8.76. The molecule has 7 rings (SSSR count). The first-order valence-electron chi connectivity index (χ1n) is 17.2. The third kappa shape index (κ3) is 7.51. The number of hydrogen-bond acceptors (Lipinski definition) is 4. The van der Waals surface area contributed by atoms with Gasteiger partial charge in [0.1, 0.15) is 0 Å². The zero-order chi connectivity index (χ0) is 35.3. The van der Waals surface area contributed by atoms with Crippen LogP contribution in [-0.4, -0.2) is 32.8 Å². The first-order chi connectivity index (χ1) is 23.1. The van der Waals surface area contributed by atoms with E-state index in [1.807, 2.05) is 101 Å². The second kappa shape index (κ2) is 14.1. The van der Waals surface area contributed by atoms with Crippen LogP contribution in [0.15, 0.2) is 89.5 Å². The molecule has 1 radical (unpaired) electrons. The molecular weight excluding hydrogens is 829 g/mol. The summed E-state index contributed by atoms with van der Waals surface area (Å²) in [6.07, 6.45) is 0.502. The van der Waals surface area contributed by atoms with E-state index >= 15 is 0 Å². The molecule has 0 aliphatic rings. The fourth-order valence-corrected chi connectivity index (χ4v) is 8.81. The Morgan fingerprint density at radius 1 is 0.917 bits per heavy atom. The molecule has 0 fully saturated rings. The summed E-state index contributed by atoms with van der Waals surface area (Å²) in [7, 11) is 0. The van der Waals surface area contributed by atoms with E-state index < -0.39 is 25.1 Å². The molecule has 7 heteroatoms. The van der Waals surface area contributed by atoms with Crippen molar-refractivity contribution in [3.63, 3.8) is 0 Å². The normalized spacial score (nSPS) is 12.9. The minimum Gasteiger partial charge on any atom is 0 e. The van der Waals surface area contributed by atoms with E-state index in [4.69, 9.17) is 12.1 Å². The Morgan fingerprint density at radius 3 is 2.35 bits per heavy atom. The molecule has 0 bridgehead atoms. The second-order valence-electron chi connectivity index (χ2n) is 14.4. The van der Waals surface area contributed by atoms with Crippen molar-refractivity contribution in [2.75, 3.05) is 0 Å². The summed E-state index contributed by atoms with van der Waals surface area (Å²) >= 11 is -2.24. The Labute approximate surface area is 303 Å². The molecule has 7 aromatic rings. The van der Waals surface area contributed by atoms with Crippen LogP contribution < -0.4 is 4.40 Å². The van der Waals surface area contributed by atoms with Crippen molar-refractivity contribution >= 4 is 50.8 Å². The molecule has 0 unspecified atom stereocenters. The molecular formula is C41H44GeIrN4O-2. The summed E-state index contributed by atoms with van der Waals surface area (Å²) in [5.41, 5.74) is 7.40. The van der Waals surface area contributed by atoms with Crippen LogP contribution in [0.4, 0.5) is 0 Å². The Bertz CT molecular complexity index is 2280. The minimum atomic E-state index is -2.24. The number of rotatable bonds is 5. The zero-order valence-corrected chi connectivity index (χ0v) is 33.7. The Morgan fingerprint density at radius 2 is 1.67 bits per heavy atom. The quantitative estimate of drug-likeness (QED) is 0.128. The number of hydrogen-bond donors (Lipinski definition) is 0. The summed E-state index contributed by atoms with van der Waals surface area (Å²) in [4.78, 5) is 14.1. The van der Waals surface area contributed by atoms with Gasteiger partial charge in [-0.25, -0.2) is 4.98 Å². The van der Waals surface area contributed by atoms with Crippen molar-refractivity contribution in [3.8, 4) is 22.6 Å². The van der Waals surface area contributed by atoms with Gasteiger partial charge in [0.05, 0.1) is 22.4 Å². The van der Waals surface area contributed by atoms with Gasteiger partial charge in [-0.15, -0.1) is 18.2 Å². The van der Waals surface area contributed by atoms with Gasteiger partial charge in [0, 0.05) is 37.2 Å². The van der Waals surface area contributed by atoms with E-state index in [0.29, 0.717) is 5.71 Å². The molecule has 0 aliphatic carbocycles. The molecule has 4 heterocycles. The van der Waals surface area contributed by atoms with Crippen LogP contribution in [0, 0.1) is 24.5 Å². The van der Waals surface area contributed by atoms with Gasteiger partial charge in [-0.2, -0.15) is 0 Å². The van der Waals surface area contributed by atoms with E-state index in [9.17, 15) is 0 Å². The third-order valence-corrected chi connectivity index (χ3v) is 12.2. The van der Waals surface area contributed by atoms with Gasteiger partial charge < -0.3 is 8.98 Å². The van der Waals surface area contributed by atoms with E-state index in [-0.39, 0.29) is 26.1 Å². The summed E-state index contributed by atoms with van der Waals surface area (Å²) in [6, 6.07) is 32.7. The minimum absolute atomic E-state index is 0. The Hall–Kier alpha value is -3.58. The third-order valence-electron chi connectivity index (χ3n) is 7.98. The molecule has 0 aliphatic heterocycles. The smallest absolute Gasteiger partial charge is 0 e. The van der Waals surface area contributed by atoms with Crippen molar-refractivity contribution in [1.82, 2.24) is 19.5 Å². The molecule has 5 nitrogen and oxygen atoms in total. The first kappa shape index (κ1) is 32.9. The van der Waals surface area contributed by atoms with Crippen LogP contribution in [0.1, 0.15) is 54.7 Å². The topological polar surface area (TPSA) is 56.7 Å². The molecule has 3 aromatic carbocycles. The zero-order valence-electron chi connectivity index (χ0n) is 31.2. The molecule has 0 saturated heterocycles. The Balaban J connectivity index is 0.000000192. The molecule has 249 valence electrons. The molecule has 0 atom stereocenters. The summed E-state index contributed by atoms with van der Waals surface area (Å²) in [6.45, 7) is 12.2. The molecule has 4 aromatic heterocycles. The van der Waals surface area contributed by atoms with Crippen LogP contribution >= 0.6 is 0 Å². The van der Waals surface area contributed by atoms with E-state index in [1.54, 1.807) is 0 Å². The molecule has 0 spiro atoms. The van der Waals surface area contributed by atoms with Gasteiger partial charge in [-0.3, -0.25) is 4.98 Å². The Kier molecular flexibility index (Phi) is 9.68. The fraction of sp³-hybridized carbons (Fsp3) is 0.293. The van der Waals surface area contributed by atoms with Gasteiger partial charge in [-0.05, 0) is 45.0 Å². The van der Waals surface area contributed by atoms with Crippen LogP contribution in [0.3, 0.4) is 0 Å². The number of pyridine rings is 2. The fourth-order valence-electron chi connectivity index (χ4n) is 5.88. The van der Waals surface area contributed by atoms with Crippen molar-refractivity contribution < 1.29 is 27.3 Å². The summed E-state index contributed by atoms with van der Waals surface area (Å²) < 4.78 is 27.1. The number of imidazole rings is 1. The number of para-hydroxylation sites is 2. The monoisotopic (exact) mass is 877 g/mol. The van der Waals surface area contributed by atoms with Crippen LogP contribution in [0.5, 0.6) is 0 Å². The average molecular weight is 876 g/mol. The van der Waals surface area contributed by atoms with Gasteiger partial charge >= 0.3 is 135 Å². The van der Waals surface area contributed by atoms with E-state index in [0.717, 1.165) is 65.7 Å².